The van der Waals surface area contributed by atoms with Gasteiger partial charge in [-0.2, -0.15) is 0 Å². The molecule has 3 rings (SSSR count). The summed E-state index contributed by atoms with van der Waals surface area (Å²) in [5.74, 6) is 0.877. The van der Waals surface area contributed by atoms with Gasteiger partial charge in [0.25, 0.3) is 0 Å². The number of aryl methyl sites for hydroxylation is 1. The Labute approximate surface area is 125 Å². The van der Waals surface area contributed by atoms with Gasteiger partial charge in [-0.15, -0.1) is 0 Å². The highest BCUT2D eigenvalue weighted by Crippen LogP contribution is 2.25. The van der Waals surface area contributed by atoms with E-state index >= 15 is 0 Å². The summed E-state index contributed by atoms with van der Waals surface area (Å²) in [6.07, 6.45) is 8.19. The Hall–Kier alpha value is -1.95. The highest BCUT2D eigenvalue weighted by Gasteiger charge is 2.05. The van der Waals surface area contributed by atoms with Crippen molar-refractivity contribution in [3.63, 3.8) is 0 Å². The van der Waals surface area contributed by atoms with Gasteiger partial charge in [0, 0.05) is 35.3 Å². The van der Waals surface area contributed by atoms with Gasteiger partial charge in [-0.1, -0.05) is 6.07 Å². The van der Waals surface area contributed by atoms with Crippen molar-refractivity contribution in [3.05, 3.63) is 47.7 Å². The van der Waals surface area contributed by atoms with Gasteiger partial charge in [0.05, 0.1) is 11.8 Å². The summed E-state index contributed by atoms with van der Waals surface area (Å²) in [6, 6.07) is 6.00. The third-order valence-corrected chi connectivity index (χ3v) is 3.70. The van der Waals surface area contributed by atoms with Crippen molar-refractivity contribution in [3.8, 4) is 0 Å². The Bertz CT molecular complexity index is 696. The fourth-order valence-corrected chi connectivity index (χ4v) is 2.55. The predicted molar refractivity (Wildman–Crippen MR) is 82.6 cm³/mol. The topological polar surface area (TPSA) is 55.6 Å². The molecule has 0 aliphatic carbocycles. The Morgan fingerprint density at radius 3 is 3.05 bits per heavy atom. The average Bonchev–Trinajstić information content (AvgIpc) is 2.98. The van der Waals surface area contributed by atoms with Crippen molar-refractivity contribution in [1.82, 2.24) is 19.5 Å². The molecular weight excluding hydrogens is 318 g/mol. The van der Waals surface area contributed by atoms with Crippen molar-refractivity contribution >= 4 is 32.7 Å². The number of benzene rings is 1. The number of aromatic nitrogens is 4. The lowest BCUT2D eigenvalue weighted by Crippen LogP contribution is -2.07. The van der Waals surface area contributed by atoms with E-state index in [1.54, 1.807) is 12.5 Å². The van der Waals surface area contributed by atoms with Crippen LogP contribution in [0.3, 0.4) is 0 Å². The molecule has 0 aliphatic heterocycles. The molecule has 0 bridgehead atoms. The van der Waals surface area contributed by atoms with E-state index in [1.165, 1.54) is 0 Å². The fraction of sp³-hybridized carbons (Fsp3) is 0.214. The van der Waals surface area contributed by atoms with Crippen LogP contribution in [-0.4, -0.2) is 26.1 Å². The minimum absolute atomic E-state index is 0.858. The van der Waals surface area contributed by atoms with Gasteiger partial charge in [0.15, 0.2) is 0 Å². The lowest BCUT2D eigenvalue weighted by atomic mass is 10.2. The summed E-state index contributed by atoms with van der Waals surface area (Å²) >= 11 is 3.51. The Morgan fingerprint density at radius 1 is 1.25 bits per heavy atom. The molecule has 0 saturated heterocycles. The minimum atomic E-state index is 0.858. The van der Waals surface area contributed by atoms with Crippen molar-refractivity contribution in [2.45, 2.75) is 13.0 Å². The molecular formula is C14H14BrN5. The standard InChI is InChI=1S/C14H14BrN5/c15-12-4-1-3-11-13(12)18-9-19-14(11)17-5-2-7-20-8-6-16-10-20/h1,3-4,6,8-10H,2,5,7H2,(H,17,18,19). The van der Waals surface area contributed by atoms with Crippen LogP contribution in [0.4, 0.5) is 5.82 Å². The van der Waals surface area contributed by atoms with E-state index in [-0.39, 0.29) is 0 Å². The maximum Gasteiger partial charge on any atom is 0.137 e. The molecule has 0 atom stereocenters. The zero-order chi connectivity index (χ0) is 13.8. The summed E-state index contributed by atoms with van der Waals surface area (Å²) in [4.78, 5) is 12.6. The van der Waals surface area contributed by atoms with E-state index in [0.717, 1.165) is 40.7 Å². The summed E-state index contributed by atoms with van der Waals surface area (Å²) < 4.78 is 3.05. The van der Waals surface area contributed by atoms with Gasteiger partial charge in [0.1, 0.15) is 12.1 Å². The van der Waals surface area contributed by atoms with Gasteiger partial charge in [0.2, 0.25) is 0 Å². The molecule has 0 aliphatic rings. The third-order valence-electron chi connectivity index (χ3n) is 3.06. The van der Waals surface area contributed by atoms with Gasteiger partial charge in [-0.05, 0) is 34.5 Å². The second kappa shape index (κ2) is 6.00. The molecule has 0 fully saturated rings. The predicted octanol–water partition coefficient (Wildman–Crippen LogP) is 3.09. The smallest absolute Gasteiger partial charge is 0.137 e. The fourth-order valence-electron chi connectivity index (χ4n) is 2.08. The molecule has 102 valence electrons. The van der Waals surface area contributed by atoms with Crippen molar-refractivity contribution in [2.75, 3.05) is 11.9 Å². The lowest BCUT2D eigenvalue weighted by molar-refractivity contribution is 0.660. The summed E-state index contributed by atoms with van der Waals surface area (Å²) in [7, 11) is 0. The monoisotopic (exact) mass is 331 g/mol. The van der Waals surface area contributed by atoms with Crippen LogP contribution in [0.15, 0.2) is 47.7 Å². The van der Waals surface area contributed by atoms with Crippen molar-refractivity contribution in [1.29, 1.82) is 0 Å². The summed E-state index contributed by atoms with van der Waals surface area (Å²) in [6.45, 7) is 1.80. The molecule has 0 saturated carbocycles. The number of fused-ring (bicyclic) bond motifs is 1. The zero-order valence-electron chi connectivity index (χ0n) is 10.8. The summed E-state index contributed by atoms with van der Waals surface area (Å²) in [5, 5.41) is 4.40. The van der Waals surface area contributed by atoms with Gasteiger partial charge in [-0.25, -0.2) is 15.0 Å². The highest BCUT2D eigenvalue weighted by molar-refractivity contribution is 9.10. The molecule has 1 N–H and O–H groups in total. The van der Waals surface area contributed by atoms with Crippen LogP contribution >= 0.6 is 15.9 Å². The normalized spacial score (nSPS) is 10.8. The molecule has 0 radical (unpaired) electrons. The first-order chi connectivity index (χ1) is 9.84. The molecule has 1 aromatic carbocycles. The number of hydrogen-bond donors (Lipinski definition) is 1. The lowest BCUT2D eigenvalue weighted by Gasteiger charge is -2.09. The third kappa shape index (κ3) is 2.80. The number of nitrogens with zero attached hydrogens (tertiary/aromatic N) is 4. The Balaban J connectivity index is 1.67. The number of imidazole rings is 1. The largest absolute Gasteiger partial charge is 0.369 e. The number of rotatable bonds is 5. The van der Waals surface area contributed by atoms with Crippen LogP contribution in [0.25, 0.3) is 10.9 Å². The van der Waals surface area contributed by atoms with Gasteiger partial charge in [-0.3, -0.25) is 0 Å². The van der Waals surface area contributed by atoms with Crippen LogP contribution in [0.5, 0.6) is 0 Å². The van der Waals surface area contributed by atoms with E-state index in [1.807, 2.05) is 30.7 Å². The zero-order valence-corrected chi connectivity index (χ0v) is 12.4. The highest BCUT2D eigenvalue weighted by atomic mass is 79.9. The molecule has 0 amide bonds. The average molecular weight is 332 g/mol. The van der Waals surface area contributed by atoms with Crippen LogP contribution in [0, 0.1) is 0 Å². The number of hydrogen-bond acceptors (Lipinski definition) is 4. The maximum absolute atomic E-state index is 4.32. The minimum Gasteiger partial charge on any atom is -0.369 e. The summed E-state index contributed by atoms with van der Waals surface area (Å²) in [5.41, 5.74) is 0.930. The second-order valence-corrected chi connectivity index (χ2v) is 5.29. The van der Waals surface area contributed by atoms with E-state index in [9.17, 15) is 0 Å². The van der Waals surface area contributed by atoms with E-state index in [4.69, 9.17) is 0 Å². The second-order valence-electron chi connectivity index (χ2n) is 4.44. The van der Waals surface area contributed by atoms with Gasteiger partial charge < -0.3 is 9.88 Å². The van der Waals surface area contributed by atoms with Crippen LogP contribution < -0.4 is 5.32 Å². The molecule has 0 unspecified atom stereocenters. The maximum atomic E-state index is 4.32. The van der Waals surface area contributed by atoms with Crippen LogP contribution in [0.2, 0.25) is 0 Å². The number of anilines is 1. The first-order valence-electron chi connectivity index (χ1n) is 6.43. The first kappa shape index (κ1) is 13.1. The SMILES string of the molecule is Brc1cccc2c(NCCCn3ccnc3)ncnc12. The van der Waals surface area contributed by atoms with Crippen LogP contribution in [0.1, 0.15) is 6.42 Å². The molecule has 3 aromatic rings. The number of nitrogens with one attached hydrogen (secondary N) is 1. The molecule has 6 heteroatoms. The molecule has 0 spiro atoms. The van der Waals surface area contributed by atoms with E-state index < -0.39 is 0 Å². The Kier molecular flexibility index (Phi) is 3.92. The molecule has 2 aromatic heterocycles. The number of halogens is 1. The Morgan fingerprint density at radius 2 is 2.20 bits per heavy atom. The van der Waals surface area contributed by atoms with Gasteiger partial charge >= 0.3 is 0 Å². The van der Waals surface area contributed by atoms with Crippen molar-refractivity contribution < 1.29 is 0 Å². The molecule has 2 heterocycles. The van der Waals surface area contributed by atoms with E-state index in [0.29, 0.717) is 0 Å². The van der Waals surface area contributed by atoms with Crippen LogP contribution in [-0.2, 0) is 6.54 Å². The molecule has 5 nitrogen and oxygen atoms in total. The van der Waals surface area contributed by atoms with Crippen molar-refractivity contribution in [2.24, 2.45) is 0 Å². The number of para-hydroxylation sites is 1. The first-order valence-corrected chi connectivity index (χ1v) is 7.23. The molecule has 20 heavy (non-hydrogen) atoms. The van der Waals surface area contributed by atoms with E-state index in [2.05, 4.69) is 40.8 Å². The quantitative estimate of drug-likeness (QED) is 0.730.